The van der Waals surface area contributed by atoms with Crippen molar-refractivity contribution >= 4 is 39.0 Å². The number of hydrogen-bond donors (Lipinski definition) is 1. The molecule has 0 spiro atoms. The molecular weight excluding hydrogens is 428 g/mol. The zero-order chi connectivity index (χ0) is 19.4. The van der Waals surface area contributed by atoms with Gasteiger partial charge in [-0.2, -0.15) is 0 Å². The topological polar surface area (TPSA) is 12.0 Å². The van der Waals surface area contributed by atoms with Crippen molar-refractivity contribution in [3.05, 3.63) is 82.3 Å². The average molecular weight is 450 g/mol. The lowest BCUT2D eigenvalue weighted by Crippen LogP contribution is -2.30. The van der Waals surface area contributed by atoms with E-state index in [0.717, 1.165) is 12.8 Å². The van der Waals surface area contributed by atoms with Crippen molar-refractivity contribution in [3.63, 3.8) is 0 Å². The van der Waals surface area contributed by atoms with Gasteiger partial charge in [0.05, 0.1) is 21.5 Å². The second-order valence-corrected chi connectivity index (χ2v) is 8.31. The maximum absolute atomic E-state index is 14.1. The van der Waals surface area contributed by atoms with Gasteiger partial charge in [0.1, 0.15) is 11.6 Å². The third-order valence-electron chi connectivity index (χ3n) is 4.56. The van der Waals surface area contributed by atoms with Crippen molar-refractivity contribution in [1.82, 2.24) is 5.32 Å². The Bertz CT molecular complexity index is 858. The monoisotopic (exact) mass is 449 g/mol. The fourth-order valence-corrected chi connectivity index (χ4v) is 5.14. The van der Waals surface area contributed by atoms with Crippen LogP contribution in [-0.4, -0.2) is 10.2 Å². The van der Waals surface area contributed by atoms with E-state index in [1.807, 2.05) is 6.07 Å². The van der Waals surface area contributed by atoms with Crippen LogP contribution in [-0.2, 0) is 6.42 Å². The van der Waals surface area contributed by atoms with E-state index in [1.54, 1.807) is 5.41 Å². The summed E-state index contributed by atoms with van der Waals surface area (Å²) in [5.74, 6) is -1.11. The summed E-state index contributed by atoms with van der Waals surface area (Å²) in [4.78, 5) is -0.00117. The highest BCUT2D eigenvalue weighted by atomic mass is 79.9. The Morgan fingerprint density at radius 3 is 2.52 bits per heavy atom. The molecule has 0 radical (unpaired) electrons. The third kappa shape index (κ3) is 4.30. The lowest BCUT2D eigenvalue weighted by atomic mass is 9.95. The summed E-state index contributed by atoms with van der Waals surface area (Å²) in [5, 5.41) is 5.04. The van der Waals surface area contributed by atoms with Crippen LogP contribution in [0.25, 0.3) is 11.3 Å². The molecule has 1 aliphatic rings. The number of rotatable bonds is 6. The minimum Gasteiger partial charge on any atom is -0.371 e. The molecule has 1 N–H and O–H groups in total. The van der Waals surface area contributed by atoms with Gasteiger partial charge in [-0.05, 0) is 47.1 Å². The van der Waals surface area contributed by atoms with Crippen molar-refractivity contribution in [3.8, 4) is 0 Å². The fourth-order valence-electron chi connectivity index (χ4n) is 3.26. The number of halogens is 3. The molecule has 27 heavy (non-hydrogen) atoms. The van der Waals surface area contributed by atoms with Gasteiger partial charge in [-0.15, -0.1) is 11.8 Å². The van der Waals surface area contributed by atoms with Crippen LogP contribution in [0.5, 0.6) is 0 Å². The van der Waals surface area contributed by atoms with Crippen LogP contribution in [0.2, 0.25) is 0 Å². The zero-order valence-corrected chi connectivity index (χ0v) is 17.7. The summed E-state index contributed by atoms with van der Waals surface area (Å²) in [5.41, 5.74) is 4.20. The molecule has 3 rings (SSSR count). The van der Waals surface area contributed by atoms with Crippen LogP contribution < -0.4 is 5.32 Å². The SMILES string of the molecule is CC/C=C(/c1ccccc1CC)C(Br)C1NC(c2c(F)cccc2F)=CS1. The molecule has 0 amide bonds. The normalized spacial score (nSPS) is 18.2. The molecule has 1 nitrogen and oxygen atoms in total. The van der Waals surface area contributed by atoms with Crippen LogP contribution in [0.1, 0.15) is 37.0 Å². The Balaban J connectivity index is 1.85. The number of thioether (sulfide) groups is 1. The van der Waals surface area contributed by atoms with Gasteiger partial charge in [0.2, 0.25) is 0 Å². The quantitative estimate of drug-likeness (QED) is 0.489. The predicted molar refractivity (Wildman–Crippen MR) is 116 cm³/mol. The summed E-state index contributed by atoms with van der Waals surface area (Å²) in [7, 11) is 0. The lowest BCUT2D eigenvalue weighted by molar-refractivity contribution is 0.574. The van der Waals surface area contributed by atoms with Crippen LogP contribution in [0.4, 0.5) is 8.78 Å². The van der Waals surface area contributed by atoms with E-state index < -0.39 is 11.6 Å². The molecule has 0 aliphatic carbocycles. The number of hydrogen-bond acceptors (Lipinski definition) is 2. The molecule has 142 valence electrons. The second kappa shape index (κ2) is 9.07. The largest absolute Gasteiger partial charge is 0.371 e. The van der Waals surface area contributed by atoms with Crippen LogP contribution in [0, 0.1) is 11.6 Å². The van der Waals surface area contributed by atoms with Crippen molar-refractivity contribution in [1.29, 1.82) is 0 Å². The van der Waals surface area contributed by atoms with E-state index in [9.17, 15) is 8.78 Å². The van der Waals surface area contributed by atoms with Gasteiger partial charge < -0.3 is 5.32 Å². The van der Waals surface area contributed by atoms with E-state index in [4.69, 9.17) is 0 Å². The molecule has 1 heterocycles. The summed E-state index contributed by atoms with van der Waals surface area (Å²) < 4.78 is 28.2. The second-order valence-electron chi connectivity index (χ2n) is 6.31. The lowest BCUT2D eigenvalue weighted by Gasteiger charge is -2.24. The maximum atomic E-state index is 14.1. The van der Waals surface area contributed by atoms with Gasteiger partial charge in [-0.1, -0.05) is 66.2 Å². The van der Waals surface area contributed by atoms with E-state index in [-0.39, 0.29) is 15.8 Å². The van der Waals surface area contributed by atoms with E-state index in [2.05, 4.69) is 59.4 Å². The summed E-state index contributed by atoms with van der Waals surface area (Å²) >= 11 is 5.38. The van der Waals surface area contributed by atoms with Gasteiger partial charge in [0.25, 0.3) is 0 Å². The summed E-state index contributed by atoms with van der Waals surface area (Å²) in [6, 6.07) is 12.3. The number of aryl methyl sites for hydroxylation is 1. The summed E-state index contributed by atoms with van der Waals surface area (Å²) in [6.45, 7) is 4.26. The van der Waals surface area contributed by atoms with Crippen molar-refractivity contribution in [2.45, 2.75) is 36.9 Å². The minimum absolute atomic E-state index is 0.00117. The van der Waals surface area contributed by atoms with Gasteiger partial charge in [-0.25, -0.2) is 8.78 Å². The van der Waals surface area contributed by atoms with Gasteiger partial charge in [-0.3, -0.25) is 0 Å². The van der Waals surface area contributed by atoms with Crippen LogP contribution in [0.3, 0.4) is 0 Å². The maximum Gasteiger partial charge on any atom is 0.135 e. The fraction of sp³-hybridized carbons (Fsp3) is 0.273. The molecule has 2 aromatic carbocycles. The highest BCUT2D eigenvalue weighted by Crippen LogP contribution is 2.39. The molecule has 2 aromatic rings. The molecule has 2 atom stereocenters. The van der Waals surface area contributed by atoms with E-state index in [0.29, 0.717) is 5.70 Å². The third-order valence-corrected chi connectivity index (χ3v) is 6.99. The number of nitrogens with one attached hydrogen (secondary N) is 1. The molecule has 0 fully saturated rings. The standard InChI is InChI=1S/C22H22BrF2NS/c1-3-8-16(15-10-6-5-9-14(15)4-2)21(23)22-26-19(13-27-22)20-17(24)11-7-12-18(20)25/h5-13,21-22,26H,3-4H2,1-2H3/b16-8-. The first-order valence-electron chi connectivity index (χ1n) is 9.05. The molecule has 0 saturated carbocycles. The van der Waals surface area contributed by atoms with Gasteiger partial charge in [0.15, 0.2) is 0 Å². The Hall–Kier alpha value is -1.59. The number of alkyl halides is 1. The molecule has 0 bridgehead atoms. The van der Waals surface area contributed by atoms with Crippen LogP contribution in [0.15, 0.2) is 53.9 Å². The Morgan fingerprint density at radius 2 is 1.85 bits per heavy atom. The Labute approximate surface area is 172 Å². The molecule has 5 heteroatoms. The first kappa shape index (κ1) is 20.2. The van der Waals surface area contributed by atoms with Crippen molar-refractivity contribution < 1.29 is 8.78 Å². The number of allylic oxidation sites excluding steroid dienone is 1. The minimum atomic E-state index is -0.554. The summed E-state index contributed by atoms with van der Waals surface area (Å²) in [6.07, 6.45) is 4.08. The predicted octanol–water partition coefficient (Wildman–Crippen LogP) is 6.75. The van der Waals surface area contributed by atoms with Crippen molar-refractivity contribution in [2.24, 2.45) is 0 Å². The average Bonchev–Trinajstić information content (AvgIpc) is 3.15. The molecule has 0 saturated heterocycles. The van der Waals surface area contributed by atoms with Crippen molar-refractivity contribution in [2.75, 3.05) is 0 Å². The molecule has 0 aromatic heterocycles. The first-order chi connectivity index (χ1) is 13.1. The highest BCUT2D eigenvalue weighted by molar-refractivity contribution is 9.10. The highest BCUT2D eigenvalue weighted by Gasteiger charge is 2.30. The molecule has 1 aliphatic heterocycles. The smallest absolute Gasteiger partial charge is 0.135 e. The molecule has 2 unspecified atom stereocenters. The Kier molecular flexibility index (Phi) is 6.77. The zero-order valence-electron chi connectivity index (χ0n) is 15.3. The van der Waals surface area contributed by atoms with Gasteiger partial charge >= 0.3 is 0 Å². The van der Waals surface area contributed by atoms with E-state index >= 15 is 0 Å². The van der Waals surface area contributed by atoms with E-state index in [1.165, 1.54) is 46.7 Å². The number of benzene rings is 2. The molecular formula is C22H22BrF2NS. The van der Waals surface area contributed by atoms with Gasteiger partial charge in [0, 0.05) is 0 Å². The first-order valence-corrected chi connectivity index (χ1v) is 10.9. The van der Waals surface area contributed by atoms with Crippen LogP contribution >= 0.6 is 27.7 Å². The Morgan fingerprint density at radius 1 is 1.15 bits per heavy atom.